The summed E-state index contributed by atoms with van der Waals surface area (Å²) >= 11 is 0. The fourth-order valence-corrected chi connectivity index (χ4v) is 2.37. The number of nitrogens with zero attached hydrogens (tertiary/aromatic N) is 1. The van der Waals surface area contributed by atoms with Crippen LogP contribution >= 0.6 is 0 Å². The van der Waals surface area contributed by atoms with E-state index in [0.717, 1.165) is 25.9 Å². The molecule has 0 aromatic heterocycles. The lowest BCUT2D eigenvalue weighted by Crippen LogP contribution is -2.41. The number of aliphatic hydroxyl groups is 1. The SMILES string of the molecule is O=C(CNCC(O)c1ccc(F)cc1)N1CCCCC1. The molecule has 4 nitrogen and oxygen atoms in total. The summed E-state index contributed by atoms with van der Waals surface area (Å²) in [5, 5.41) is 12.9. The number of likely N-dealkylation sites (tertiary alicyclic amines) is 1. The largest absolute Gasteiger partial charge is 0.387 e. The molecule has 1 amide bonds. The molecule has 0 spiro atoms. The highest BCUT2D eigenvalue weighted by Gasteiger charge is 2.16. The zero-order chi connectivity index (χ0) is 14.4. The molecular weight excluding hydrogens is 259 g/mol. The second-order valence-electron chi connectivity index (χ2n) is 5.14. The van der Waals surface area contributed by atoms with Gasteiger partial charge in [-0.2, -0.15) is 0 Å². The van der Waals surface area contributed by atoms with Gasteiger partial charge in [-0.1, -0.05) is 12.1 Å². The molecule has 1 aromatic rings. The number of benzene rings is 1. The van der Waals surface area contributed by atoms with Crippen molar-refractivity contribution < 1.29 is 14.3 Å². The second-order valence-corrected chi connectivity index (χ2v) is 5.14. The Labute approximate surface area is 118 Å². The number of piperidine rings is 1. The Morgan fingerprint density at radius 1 is 1.25 bits per heavy atom. The number of carbonyl (C=O) groups excluding carboxylic acids is 1. The van der Waals surface area contributed by atoms with Crippen molar-refractivity contribution in [2.75, 3.05) is 26.2 Å². The van der Waals surface area contributed by atoms with E-state index in [2.05, 4.69) is 5.32 Å². The van der Waals surface area contributed by atoms with Crippen molar-refractivity contribution in [1.29, 1.82) is 0 Å². The van der Waals surface area contributed by atoms with Gasteiger partial charge in [0.2, 0.25) is 5.91 Å². The molecule has 1 aliphatic heterocycles. The van der Waals surface area contributed by atoms with Crippen LogP contribution in [-0.2, 0) is 4.79 Å². The molecule has 5 heteroatoms. The molecule has 0 bridgehead atoms. The molecule has 1 saturated heterocycles. The normalized spacial score (nSPS) is 17.0. The van der Waals surface area contributed by atoms with E-state index in [1.165, 1.54) is 18.6 Å². The molecule has 1 aromatic carbocycles. The van der Waals surface area contributed by atoms with E-state index in [9.17, 15) is 14.3 Å². The van der Waals surface area contributed by atoms with Crippen molar-refractivity contribution in [1.82, 2.24) is 10.2 Å². The first-order valence-corrected chi connectivity index (χ1v) is 7.09. The standard InChI is InChI=1S/C15H21FN2O2/c16-13-6-4-12(5-7-13)14(19)10-17-11-15(20)18-8-2-1-3-9-18/h4-7,14,17,19H,1-3,8-11H2. The Balaban J connectivity index is 1.72. The second kappa shape index (κ2) is 7.36. The minimum Gasteiger partial charge on any atom is -0.387 e. The van der Waals surface area contributed by atoms with Crippen molar-refractivity contribution in [3.8, 4) is 0 Å². The van der Waals surface area contributed by atoms with E-state index in [4.69, 9.17) is 0 Å². The minimum absolute atomic E-state index is 0.0796. The predicted molar refractivity (Wildman–Crippen MR) is 74.7 cm³/mol. The van der Waals surface area contributed by atoms with Crippen LogP contribution in [0.4, 0.5) is 4.39 Å². The van der Waals surface area contributed by atoms with Gasteiger partial charge in [0.05, 0.1) is 12.6 Å². The Bertz CT molecular complexity index is 430. The summed E-state index contributed by atoms with van der Waals surface area (Å²) in [6, 6.07) is 5.73. The Morgan fingerprint density at radius 2 is 1.90 bits per heavy atom. The molecule has 0 saturated carbocycles. The Kier molecular flexibility index (Phi) is 5.49. The van der Waals surface area contributed by atoms with E-state index in [1.807, 2.05) is 4.90 Å². The van der Waals surface area contributed by atoms with Crippen molar-refractivity contribution in [3.05, 3.63) is 35.6 Å². The molecule has 1 heterocycles. The van der Waals surface area contributed by atoms with E-state index in [1.54, 1.807) is 12.1 Å². The number of aliphatic hydroxyl groups excluding tert-OH is 1. The third-order valence-corrected chi connectivity index (χ3v) is 3.58. The van der Waals surface area contributed by atoms with Crippen molar-refractivity contribution in [2.24, 2.45) is 0 Å². The zero-order valence-corrected chi connectivity index (χ0v) is 11.5. The maximum absolute atomic E-state index is 12.8. The number of rotatable bonds is 5. The number of hydrogen-bond donors (Lipinski definition) is 2. The van der Waals surface area contributed by atoms with Crippen LogP contribution in [0.5, 0.6) is 0 Å². The van der Waals surface area contributed by atoms with E-state index < -0.39 is 6.10 Å². The zero-order valence-electron chi connectivity index (χ0n) is 11.5. The van der Waals surface area contributed by atoms with Crippen LogP contribution < -0.4 is 5.32 Å². The summed E-state index contributed by atoms with van der Waals surface area (Å²) in [6.07, 6.45) is 2.61. The van der Waals surface area contributed by atoms with Crippen LogP contribution in [-0.4, -0.2) is 42.1 Å². The topological polar surface area (TPSA) is 52.6 Å². The molecule has 0 radical (unpaired) electrons. The van der Waals surface area contributed by atoms with Gasteiger partial charge < -0.3 is 15.3 Å². The number of amides is 1. The molecule has 1 fully saturated rings. The average molecular weight is 280 g/mol. The van der Waals surface area contributed by atoms with Gasteiger partial charge in [-0.3, -0.25) is 4.79 Å². The van der Waals surface area contributed by atoms with E-state index in [0.29, 0.717) is 5.56 Å². The van der Waals surface area contributed by atoms with Gasteiger partial charge in [0, 0.05) is 19.6 Å². The molecule has 1 aliphatic rings. The lowest BCUT2D eigenvalue weighted by molar-refractivity contribution is -0.131. The minimum atomic E-state index is -0.732. The van der Waals surface area contributed by atoms with Gasteiger partial charge in [-0.25, -0.2) is 4.39 Å². The van der Waals surface area contributed by atoms with Crippen LogP contribution in [0, 0.1) is 5.82 Å². The number of nitrogens with one attached hydrogen (secondary N) is 1. The molecule has 2 rings (SSSR count). The maximum atomic E-state index is 12.8. The van der Waals surface area contributed by atoms with Gasteiger partial charge in [0.15, 0.2) is 0 Å². The first kappa shape index (κ1) is 14.9. The predicted octanol–water partition coefficient (Wildman–Crippen LogP) is 1.46. The van der Waals surface area contributed by atoms with Crippen molar-refractivity contribution >= 4 is 5.91 Å². The molecule has 1 unspecified atom stereocenters. The third kappa shape index (κ3) is 4.28. The number of carbonyl (C=O) groups is 1. The number of hydrogen-bond acceptors (Lipinski definition) is 3. The summed E-state index contributed by atoms with van der Waals surface area (Å²) in [5.74, 6) is -0.245. The fourth-order valence-electron chi connectivity index (χ4n) is 2.37. The summed E-state index contributed by atoms with van der Waals surface area (Å²) < 4.78 is 12.8. The van der Waals surface area contributed by atoms with Gasteiger partial charge in [-0.05, 0) is 37.0 Å². The van der Waals surface area contributed by atoms with Gasteiger partial charge in [-0.15, -0.1) is 0 Å². The first-order valence-electron chi connectivity index (χ1n) is 7.09. The first-order chi connectivity index (χ1) is 9.66. The number of halogens is 1. The Hall–Kier alpha value is -1.46. The van der Waals surface area contributed by atoms with Crippen molar-refractivity contribution in [2.45, 2.75) is 25.4 Å². The smallest absolute Gasteiger partial charge is 0.236 e. The summed E-state index contributed by atoms with van der Waals surface area (Å²) in [6.45, 7) is 2.19. The van der Waals surface area contributed by atoms with Crippen LogP contribution in [0.3, 0.4) is 0 Å². The van der Waals surface area contributed by atoms with Gasteiger partial charge in [0.25, 0.3) is 0 Å². The van der Waals surface area contributed by atoms with E-state index >= 15 is 0 Å². The third-order valence-electron chi connectivity index (χ3n) is 3.58. The van der Waals surface area contributed by atoms with Crippen LogP contribution in [0.1, 0.15) is 30.9 Å². The summed E-state index contributed by atoms with van der Waals surface area (Å²) in [4.78, 5) is 13.8. The van der Waals surface area contributed by atoms with Crippen LogP contribution in [0.15, 0.2) is 24.3 Å². The highest BCUT2D eigenvalue weighted by molar-refractivity contribution is 5.78. The maximum Gasteiger partial charge on any atom is 0.236 e. The summed E-state index contributed by atoms with van der Waals surface area (Å²) in [7, 11) is 0. The molecule has 110 valence electrons. The Morgan fingerprint density at radius 3 is 2.55 bits per heavy atom. The molecular formula is C15H21FN2O2. The highest BCUT2D eigenvalue weighted by Crippen LogP contribution is 2.12. The summed E-state index contributed by atoms with van der Waals surface area (Å²) in [5.41, 5.74) is 0.643. The monoisotopic (exact) mass is 280 g/mol. The lowest BCUT2D eigenvalue weighted by atomic mass is 10.1. The molecule has 0 aliphatic carbocycles. The van der Waals surface area contributed by atoms with Gasteiger partial charge in [0.1, 0.15) is 5.82 Å². The molecule has 20 heavy (non-hydrogen) atoms. The average Bonchev–Trinajstić information content (AvgIpc) is 2.48. The lowest BCUT2D eigenvalue weighted by Gasteiger charge is -2.27. The van der Waals surface area contributed by atoms with Crippen LogP contribution in [0.2, 0.25) is 0 Å². The molecule has 1 atom stereocenters. The van der Waals surface area contributed by atoms with Crippen molar-refractivity contribution in [3.63, 3.8) is 0 Å². The molecule has 2 N–H and O–H groups in total. The van der Waals surface area contributed by atoms with Gasteiger partial charge >= 0.3 is 0 Å². The fraction of sp³-hybridized carbons (Fsp3) is 0.533. The quantitative estimate of drug-likeness (QED) is 0.858. The highest BCUT2D eigenvalue weighted by atomic mass is 19.1. The van der Waals surface area contributed by atoms with E-state index in [-0.39, 0.29) is 24.8 Å². The van der Waals surface area contributed by atoms with Crippen LogP contribution in [0.25, 0.3) is 0 Å².